The maximum atomic E-state index is 10.8. The molecule has 0 radical (unpaired) electrons. The van der Waals surface area contributed by atoms with Gasteiger partial charge in [0.2, 0.25) is 0 Å². The second kappa shape index (κ2) is 4.19. The molecule has 0 saturated heterocycles. The number of carboxylic acid groups (broad SMARTS) is 1. The Morgan fingerprint density at radius 3 is 2.59 bits per heavy atom. The minimum atomic E-state index is -0.944. The molecule has 0 aliphatic rings. The zero-order valence-corrected chi connectivity index (χ0v) is 11.4. The van der Waals surface area contributed by atoms with E-state index in [0.717, 1.165) is 22.0 Å². The molecule has 6 heteroatoms. The quantitative estimate of drug-likeness (QED) is 0.908. The number of carbonyl (C=O) groups is 1. The van der Waals surface area contributed by atoms with E-state index >= 15 is 0 Å². The van der Waals surface area contributed by atoms with Crippen LogP contribution < -0.4 is 0 Å². The van der Waals surface area contributed by atoms with E-state index in [9.17, 15) is 4.79 Å². The van der Waals surface area contributed by atoms with Gasteiger partial charge >= 0.3 is 5.97 Å². The molecule has 1 N–H and O–H groups in total. The van der Waals surface area contributed by atoms with Gasteiger partial charge in [0, 0.05) is 10.8 Å². The molecule has 0 amide bonds. The van der Waals surface area contributed by atoms with Crippen molar-refractivity contribution in [2.75, 3.05) is 0 Å². The highest BCUT2D eigenvalue weighted by molar-refractivity contribution is 7.17. The highest BCUT2D eigenvalue weighted by Crippen LogP contribution is 2.31. The molecule has 2 rings (SSSR count). The lowest BCUT2D eigenvalue weighted by Crippen LogP contribution is -2.10. The van der Waals surface area contributed by atoms with Crippen molar-refractivity contribution in [2.45, 2.75) is 26.2 Å². The van der Waals surface area contributed by atoms with Crippen molar-refractivity contribution >= 4 is 28.6 Å². The van der Waals surface area contributed by atoms with Crippen LogP contribution in [-0.2, 0) is 5.41 Å². The van der Waals surface area contributed by atoms with Gasteiger partial charge < -0.3 is 5.11 Å². The van der Waals surface area contributed by atoms with Crippen LogP contribution in [0.5, 0.6) is 0 Å². The Bertz CT molecular complexity index is 552. The highest BCUT2D eigenvalue weighted by atomic mass is 32.1. The van der Waals surface area contributed by atoms with Crippen LogP contribution >= 0.6 is 22.7 Å². The van der Waals surface area contributed by atoms with Crippen molar-refractivity contribution in [1.82, 2.24) is 9.97 Å². The largest absolute Gasteiger partial charge is 0.477 e. The third-order valence-corrected chi connectivity index (χ3v) is 4.36. The zero-order valence-electron chi connectivity index (χ0n) is 9.72. The lowest BCUT2D eigenvalue weighted by molar-refractivity contribution is 0.0702. The van der Waals surface area contributed by atoms with Crippen molar-refractivity contribution in [1.29, 1.82) is 0 Å². The number of nitrogens with zero attached hydrogens (tertiary/aromatic N) is 2. The summed E-state index contributed by atoms with van der Waals surface area (Å²) in [5.41, 5.74) is 0.771. The van der Waals surface area contributed by atoms with E-state index in [0.29, 0.717) is 5.01 Å². The Balaban J connectivity index is 2.34. The predicted octanol–water partition coefficient (Wildman–Crippen LogP) is 3.26. The fourth-order valence-corrected chi connectivity index (χ4v) is 2.89. The van der Waals surface area contributed by atoms with Crippen LogP contribution in [0.1, 0.15) is 35.5 Å². The van der Waals surface area contributed by atoms with E-state index in [-0.39, 0.29) is 10.3 Å². The summed E-state index contributed by atoms with van der Waals surface area (Å²) in [6.45, 7) is 6.29. The van der Waals surface area contributed by atoms with Gasteiger partial charge in [-0.25, -0.2) is 14.8 Å². The summed E-state index contributed by atoms with van der Waals surface area (Å²) in [7, 11) is 0. The number of hydrogen-bond donors (Lipinski definition) is 1. The minimum Gasteiger partial charge on any atom is -0.477 e. The van der Waals surface area contributed by atoms with E-state index < -0.39 is 5.97 Å². The van der Waals surface area contributed by atoms with Gasteiger partial charge in [-0.05, 0) is 0 Å². The van der Waals surface area contributed by atoms with Crippen LogP contribution in [0.15, 0.2) is 11.6 Å². The molecule has 2 aromatic rings. The molecule has 4 nitrogen and oxygen atoms in total. The summed E-state index contributed by atoms with van der Waals surface area (Å²) in [6, 6.07) is 0. The van der Waals surface area contributed by atoms with Crippen LogP contribution in [0.3, 0.4) is 0 Å². The summed E-state index contributed by atoms with van der Waals surface area (Å²) < 4.78 is 0. The first-order chi connectivity index (χ1) is 7.88. The summed E-state index contributed by atoms with van der Waals surface area (Å²) >= 11 is 2.73. The summed E-state index contributed by atoms with van der Waals surface area (Å²) in [6.07, 6.45) is 1.37. The summed E-state index contributed by atoms with van der Waals surface area (Å²) in [4.78, 5) is 19.6. The molecule has 0 aliphatic heterocycles. The van der Waals surface area contributed by atoms with Crippen molar-refractivity contribution in [2.24, 2.45) is 0 Å². The maximum Gasteiger partial charge on any atom is 0.347 e. The van der Waals surface area contributed by atoms with E-state index in [1.54, 1.807) is 11.3 Å². The molecule has 0 unspecified atom stereocenters. The zero-order chi connectivity index (χ0) is 12.6. The normalized spacial score (nSPS) is 11.7. The Morgan fingerprint density at radius 2 is 2.12 bits per heavy atom. The van der Waals surface area contributed by atoms with E-state index in [2.05, 4.69) is 30.7 Å². The number of aromatic carboxylic acids is 1. The third-order valence-electron chi connectivity index (χ3n) is 2.08. The van der Waals surface area contributed by atoms with E-state index in [1.807, 2.05) is 5.38 Å². The predicted molar refractivity (Wildman–Crippen MR) is 68.9 cm³/mol. The second-order valence-electron chi connectivity index (χ2n) is 4.62. The minimum absolute atomic E-state index is 0.00973. The van der Waals surface area contributed by atoms with Crippen LogP contribution in [0.2, 0.25) is 0 Å². The first-order valence-corrected chi connectivity index (χ1v) is 6.73. The standard InChI is InChI=1S/C11H12N2O2S2/c1-11(2,3)10-13-6(5-16-10)8-12-4-7(17-8)9(14)15/h4-5H,1-3H3,(H,14,15). The average molecular weight is 268 g/mol. The van der Waals surface area contributed by atoms with Gasteiger partial charge in [0.1, 0.15) is 15.6 Å². The smallest absolute Gasteiger partial charge is 0.347 e. The number of carboxylic acids is 1. The Hall–Kier alpha value is -1.27. The topological polar surface area (TPSA) is 63.1 Å². The third kappa shape index (κ3) is 2.53. The number of aromatic nitrogens is 2. The monoisotopic (exact) mass is 268 g/mol. The van der Waals surface area contributed by atoms with Crippen LogP contribution in [0, 0.1) is 0 Å². The first kappa shape index (κ1) is 12.2. The number of thiazole rings is 2. The van der Waals surface area contributed by atoms with Gasteiger partial charge in [-0.3, -0.25) is 0 Å². The van der Waals surface area contributed by atoms with Crippen LogP contribution in [0.25, 0.3) is 10.7 Å². The second-order valence-corrected chi connectivity index (χ2v) is 6.51. The molecule has 17 heavy (non-hydrogen) atoms. The van der Waals surface area contributed by atoms with Gasteiger partial charge in [0.05, 0.1) is 11.2 Å². The molecule has 0 fully saturated rings. The number of rotatable bonds is 2. The van der Waals surface area contributed by atoms with Crippen molar-refractivity contribution in [3.8, 4) is 10.7 Å². The van der Waals surface area contributed by atoms with Gasteiger partial charge in [-0.1, -0.05) is 20.8 Å². The van der Waals surface area contributed by atoms with Crippen LogP contribution in [0.4, 0.5) is 0 Å². The molecule has 0 saturated carbocycles. The molecule has 0 atom stereocenters. The molecular weight excluding hydrogens is 256 g/mol. The van der Waals surface area contributed by atoms with Crippen LogP contribution in [-0.4, -0.2) is 21.0 Å². The molecule has 2 heterocycles. The summed E-state index contributed by atoms with van der Waals surface area (Å²) in [5, 5.41) is 12.4. The molecule has 90 valence electrons. The van der Waals surface area contributed by atoms with Gasteiger partial charge in [-0.15, -0.1) is 22.7 Å². The number of hydrogen-bond acceptors (Lipinski definition) is 5. The van der Waals surface area contributed by atoms with Crippen molar-refractivity contribution in [3.05, 3.63) is 21.5 Å². The van der Waals surface area contributed by atoms with Gasteiger partial charge in [0.15, 0.2) is 0 Å². The SMILES string of the molecule is CC(C)(C)c1nc(-c2ncc(C(=O)O)s2)cs1. The van der Waals surface area contributed by atoms with E-state index in [1.165, 1.54) is 6.20 Å². The molecule has 0 aliphatic carbocycles. The van der Waals surface area contributed by atoms with Crippen molar-refractivity contribution in [3.63, 3.8) is 0 Å². The van der Waals surface area contributed by atoms with Crippen molar-refractivity contribution < 1.29 is 9.90 Å². The molecule has 0 aromatic carbocycles. The Labute approximate surface area is 107 Å². The van der Waals surface area contributed by atoms with Gasteiger partial charge in [-0.2, -0.15) is 0 Å². The average Bonchev–Trinajstić information content (AvgIpc) is 2.85. The molecule has 2 aromatic heterocycles. The van der Waals surface area contributed by atoms with E-state index in [4.69, 9.17) is 5.11 Å². The molecule has 0 spiro atoms. The highest BCUT2D eigenvalue weighted by Gasteiger charge is 2.20. The Kier molecular flexibility index (Phi) is 3.01. The molecular formula is C11H12N2O2S2. The summed E-state index contributed by atoms with van der Waals surface area (Å²) in [5.74, 6) is -0.944. The maximum absolute atomic E-state index is 10.8. The molecule has 0 bridgehead atoms. The lowest BCUT2D eigenvalue weighted by Gasteiger charge is -2.13. The Morgan fingerprint density at radius 1 is 1.41 bits per heavy atom. The van der Waals surface area contributed by atoms with Gasteiger partial charge in [0.25, 0.3) is 0 Å². The fraction of sp³-hybridized carbons (Fsp3) is 0.364. The fourth-order valence-electron chi connectivity index (χ4n) is 1.21. The lowest BCUT2D eigenvalue weighted by atomic mass is 9.98. The first-order valence-electron chi connectivity index (χ1n) is 5.03.